The van der Waals surface area contributed by atoms with Gasteiger partial charge < -0.3 is 10.1 Å². The quantitative estimate of drug-likeness (QED) is 0.716. The summed E-state index contributed by atoms with van der Waals surface area (Å²) in [5.74, 6) is 1.23. The summed E-state index contributed by atoms with van der Waals surface area (Å²) < 4.78 is 5.45. The highest BCUT2D eigenvalue weighted by Crippen LogP contribution is 2.14. The first-order valence-electron chi connectivity index (χ1n) is 6.73. The number of rotatable bonds is 7. The van der Waals surface area contributed by atoms with E-state index in [2.05, 4.69) is 12.2 Å². The van der Waals surface area contributed by atoms with Gasteiger partial charge in [-0.3, -0.25) is 4.79 Å². The molecule has 1 aliphatic rings. The Morgan fingerprint density at radius 1 is 1.47 bits per heavy atom. The first-order chi connectivity index (χ1) is 8.27. The number of carbonyl (C=O) groups is 1. The fourth-order valence-electron chi connectivity index (χ4n) is 2.22. The van der Waals surface area contributed by atoms with Crippen molar-refractivity contribution in [3.63, 3.8) is 0 Å². The average Bonchev–Trinajstić information content (AvgIpc) is 2.37. The SMILES string of the molecule is CCCC(CCCl)CNC(=O)C1CCCCO1. The molecule has 1 N–H and O–H groups in total. The average molecular weight is 262 g/mol. The van der Waals surface area contributed by atoms with E-state index in [0.29, 0.717) is 11.8 Å². The third kappa shape index (κ3) is 5.73. The van der Waals surface area contributed by atoms with Crippen LogP contribution in [0.25, 0.3) is 0 Å². The minimum Gasteiger partial charge on any atom is -0.368 e. The molecule has 4 heteroatoms. The zero-order valence-corrected chi connectivity index (χ0v) is 11.5. The van der Waals surface area contributed by atoms with Crippen LogP contribution in [0.3, 0.4) is 0 Å². The Hall–Kier alpha value is -0.280. The molecule has 100 valence electrons. The summed E-state index contributed by atoms with van der Waals surface area (Å²) in [5.41, 5.74) is 0. The second-order valence-electron chi connectivity index (χ2n) is 4.73. The van der Waals surface area contributed by atoms with Gasteiger partial charge >= 0.3 is 0 Å². The molecule has 2 atom stereocenters. The second kappa shape index (κ2) is 8.76. The second-order valence-corrected chi connectivity index (χ2v) is 5.11. The number of hydrogen-bond acceptors (Lipinski definition) is 2. The molecular weight excluding hydrogens is 238 g/mol. The van der Waals surface area contributed by atoms with E-state index in [0.717, 1.165) is 51.7 Å². The monoisotopic (exact) mass is 261 g/mol. The molecule has 1 heterocycles. The summed E-state index contributed by atoms with van der Waals surface area (Å²) in [5, 5.41) is 3.00. The normalized spacial score (nSPS) is 22.1. The van der Waals surface area contributed by atoms with Crippen molar-refractivity contribution in [2.45, 2.75) is 51.6 Å². The Kier molecular flexibility index (Phi) is 7.62. The van der Waals surface area contributed by atoms with Gasteiger partial charge in [0.2, 0.25) is 5.91 Å². The first-order valence-corrected chi connectivity index (χ1v) is 7.26. The van der Waals surface area contributed by atoms with Crippen molar-refractivity contribution in [2.75, 3.05) is 19.0 Å². The molecule has 0 aromatic rings. The van der Waals surface area contributed by atoms with Crippen LogP contribution < -0.4 is 5.32 Å². The maximum atomic E-state index is 11.8. The van der Waals surface area contributed by atoms with E-state index in [1.807, 2.05) is 0 Å². The lowest BCUT2D eigenvalue weighted by molar-refractivity contribution is -0.135. The molecule has 1 rings (SSSR count). The van der Waals surface area contributed by atoms with E-state index in [-0.39, 0.29) is 12.0 Å². The van der Waals surface area contributed by atoms with Gasteiger partial charge in [0.15, 0.2) is 0 Å². The van der Waals surface area contributed by atoms with Gasteiger partial charge in [-0.1, -0.05) is 13.3 Å². The number of alkyl halides is 1. The molecule has 3 nitrogen and oxygen atoms in total. The van der Waals surface area contributed by atoms with Gasteiger partial charge in [-0.25, -0.2) is 0 Å². The zero-order valence-electron chi connectivity index (χ0n) is 10.7. The van der Waals surface area contributed by atoms with Gasteiger partial charge in [0.1, 0.15) is 6.10 Å². The highest BCUT2D eigenvalue weighted by atomic mass is 35.5. The zero-order chi connectivity index (χ0) is 12.5. The molecule has 0 aliphatic carbocycles. The van der Waals surface area contributed by atoms with Crippen molar-refractivity contribution in [3.8, 4) is 0 Å². The smallest absolute Gasteiger partial charge is 0.249 e. The number of nitrogens with one attached hydrogen (secondary N) is 1. The fourth-order valence-corrected chi connectivity index (χ4v) is 2.53. The third-order valence-electron chi connectivity index (χ3n) is 3.25. The minimum absolute atomic E-state index is 0.0559. The lowest BCUT2D eigenvalue weighted by Crippen LogP contribution is -2.40. The molecule has 0 bridgehead atoms. The Morgan fingerprint density at radius 2 is 2.29 bits per heavy atom. The molecule has 1 amide bonds. The number of ether oxygens (including phenoxy) is 1. The summed E-state index contributed by atoms with van der Waals surface area (Å²) in [7, 11) is 0. The Morgan fingerprint density at radius 3 is 2.88 bits per heavy atom. The molecule has 1 aliphatic heterocycles. The van der Waals surface area contributed by atoms with Gasteiger partial charge in [-0.2, -0.15) is 0 Å². The summed E-state index contributed by atoms with van der Waals surface area (Å²) >= 11 is 5.76. The Balaban J connectivity index is 2.24. The van der Waals surface area contributed by atoms with Crippen LogP contribution in [0.1, 0.15) is 45.4 Å². The third-order valence-corrected chi connectivity index (χ3v) is 3.47. The lowest BCUT2D eigenvalue weighted by Gasteiger charge is -2.23. The maximum Gasteiger partial charge on any atom is 0.249 e. The van der Waals surface area contributed by atoms with Crippen LogP contribution in [0.2, 0.25) is 0 Å². The lowest BCUT2D eigenvalue weighted by atomic mass is 10.0. The van der Waals surface area contributed by atoms with E-state index >= 15 is 0 Å². The summed E-state index contributed by atoms with van der Waals surface area (Å²) in [6.45, 7) is 3.62. The largest absolute Gasteiger partial charge is 0.368 e. The topological polar surface area (TPSA) is 38.3 Å². The number of carbonyl (C=O) groups excluding carboxylic acids is 1. The highest BCUT2D eigenvalue weighted by molar-refractivity contribution is 6.17. The van der Waals surface area contributed by atoms with E-state index in [1.165, 1.54) is 0 Å². The van der Waals surface area contributed by atoms with E-state index in [1.54, 1.807) is 0 Å². The molecular formula is C13H24ClNO2. The molecule has 0 spiro atoms. The predicted octanol–water partition coefficient (Wildman–Crippen LogP) is 2.72. The van der Waals surface area contributed by atoms with Crippen LogP contribution in [0.15, 0.2) is 0 Å². The fraction of sp³-hybridized carbons (Fsp3) is 0.923. The molecule has 17 heavy (non-hydrogen) atoms. The number of halogens is 1. The van der Waals surface area contributed by atoms with Crippen molar-refractivity contribution in [3.05, 3.63) is 0 Å². The van der Waals surface area contributed by atoms with Gasteiger partial charge in [-0.15, -0.1) is 11.6 Å². The van der Waals surface area contributed by atoms with Gasteiger partial charge in [0, 0.05) is 19.0 Å². The first kappa shape index (κ1) is 14.8. The van der Waals surface area contributed by atoms with Crippen LogP contribution in [-0.2, 0) is 9.53 Å². The molecule has 0 aromatic carbocycles. The summed E-state index contributed by atoms with van der Waals surface area (Å²) in [6.07, 6.45) is 6.05. The van der Waals surface area contributed by atoms with Crippen LogP contribution >= 0.6 is 11.6 Å². The number of hydrogen-bond donors (Lipinski definition) is 1. The van der Waals surface area contributed by atoms with E-state index in [9.17, 15) is 4.79 Å². The van der Waals surface area contributed by atoms with Gasteiger partial charge in [0.25, 0.3) is 0 Å². The van der Waals surface area contributed by atoms with Crippen LogP contribution in [0.5, 0.6) is 0 Å². The van der Waals surface area contributed by atoms with Gasteiger partial charge in [0.05, 0.1) is 0 Å². The molecule has 0 aromatic heterocycles. The summed E-state index contributed by atoms with van der Waals surface area (Å²) in [4.78, 5) is 11.8. The number of amides is 1. The minimum atomic E-state index is -0.220. The van der Waals surface area contributed by atoms with Crippen molar-refractivity contribution in [1.29, 1.82) is 0 Å². The van der Waals surface area contributed by atoms with Crippen LogP contribution in [0, 0.1) is 5.92 Å². The van der Waals surface area contributed by atoms with Gasteiger partial charge in [-0.05, 0) is 38.0 Å². The van der Waals surface area contributed by atoms with Crippen molar-refractivity contribution in [1.82, 2.24) is 5.32 Å². The van der Waals surface area contributed by atoms with Crippen molar-refractivity contribution in [2.24, 2.45) is 5.92 Å². The summed E-state index contributed by atoms with van der Waals surface area (Å²) in [6, 6.07) is 0. The van der Waals surface area contributed by atoms with Crippen molar-refractivity contribution >= 4 is 17.5 Å². The molecule has 1 fully saturated rings. The predicted molar refractivity (Wildman–Crippen MR) is 70.3 cm³/mol. The Labute approximate surface area is 109 Å². The molecule has 2 unspecified atom stereocenters. The van der Waals surface area contributed by atoms with Crippen LogP contribution in [0.4, 0.5) is 0 Å². The standard InChI is InChI=1S/C13H24ClNO2/c1-2-5-11(7-8-14)10-15-13(16)12-6-3-4-9-17-12/h11-12H,2-10H2,1H3,(H,15,16). The Bertz CT molecular complexity index is 211. The van der Waals surface area contributed by atoms with Crippen molar-refractivity contribution < 1.29 is 9.53 Å². The van der Waals surface area contributed by atoms with Crippen LogP contribution in [-0.4, -0.2) is 31.0 Å². The molecule has 1 saturated heterocycles. The maximum absolute atomic E-state index is 11.8. The highest BCUT2D eigenvalue weighted by Gasteiger charge is 2.22. The van der Waals surface area contributed by atoms with E-state index in [4.69, 9.17) is 16.3 Å². The van der Waals surface area contributed by atoms with E-state index < -0.39 is 0 Å². The molecule has 0 radical (unpaired) electrons. The molecule has 0 saturated carbocycles.